The third kappa shape index (κ3) is 4.31. The van der Waals surface area contributed by atoms with Crippen molar-refractivity contribution in [2.24, 2.45) is 10.9 Å². The predicted octanol–water partition coefficient (Wildman–Crippen LogP) is 4.84. The third-order valence-corrected chi connectivity index (χ3v) is 5.55. The smallest absolute Gasteiger partial charge is 0.341 e. The van der Waals surface area contributed by atoms with Crippen molar-refractivity contribution in [3.8, 4) is 11.5 Å². The molecule has 3 aromatic carbocycles. The number of aliphatic imine (C=N–C) groups is 1. The molecule has 2 heterocycles. The predicted molar refractivity (Wildman–Crippen MR) is 126 cm³/mol. The lowest BCUT2D eigenvalue weighted by molar-refractivity contribution is -0.118. The Kier molecular flexibility index (Phi) is 5.32. The number of nitrogens with zero attached hydrogens (tertiary/aromatic N) is 2. The zero-order chi connectivity index (χ0) is 22.8. The van der Waals surface area contributed by atoms with Gasteiger partial charge in [-0.1, -0.05) is 30.3 Å². The van der Waals surface area contributed by atoms with Crippen LogP contribution in [0.25, 0.3) is 10.9 Å². The van der Waals surface area contributed by atoms with Crippen LogP contribution in [0.5, 0.6) is 11.5 Å². The van der Waals surface area contributed by atoms with Crippen LogP contribution in [0.4, 0.5) is 10.5 Å². The summed E-state index contributed by atoms with van der Waals surface area (Å²) in [5.74, 6) is 0.468. The number of aromatic nitrogens is 2. The van der Waals surface area contributed by atoms with Crippen molar-refractivity contribution in [3.63, 3.8) is 0 Å². The van der Waals surface area contributed by atoms with Crippen molar-refractivity contribution in [2.75, 3.05) is 5.32 Å². The standard InChI is InChI=1S/C25H21N5O3/c1-15-22(24(31)28-18-9-12-21-17(13-18)14-26-30-21)23(29-25(32)27-15)16-7-10-20(11-8-16)33-19-5-3-2-4-6-19/h2-14,22-23H,1H3,(H,26,30)(H,28,31)(H,29,32). The first-order valence-corrected chi connectivity index (χ1v) is 10.5. The average Bonchev–Trinajstić information content (AvgIpc) is 3.27. The second kappa shape index (κ2) is 8.58. The molecule has 3 amide bonds. The second-order valence-electron chi connectivity index (χ2n) is 7.80. The first-order chi connectivity index (χ1) is 16.1. The van der Waals surface area contributed by atoms with Crippen LogP contribution in [0.15, 0.2) is 84.0 Å². The first-order valence-electron chi connectivity index (χ1n) is 10.5. The van der Waals surface area contributed by atoms with Gasteiger partial charge < -0.3 is 15.4 Å². The van der Waals surface area contributed by atoms with Crippen LogP contribution in [-0.2, 0) is 4.79 Å². The normalized spacial score (nSPS) is 17.8. The van der Waals surface area contributed by atoms with E-state index in [1.807, 2.05) is 66.7 Å². The Morgan fingerprint density at radius 2 is 1.76 bits per heavy atom. The monoisotopic (exact) mass is 439 g/mol. The Morgan fingerprint density at radius 3 is 2.55 bits per heavy atom. The fourth-order valence-electron chi connectivity index (χ4n) is 3.94. The summed E-state index contributed by atoms with van der Waals surface area (Å²) in [4.78, 5) is 29.4. The minimum absolute atomic E-state index is 0.256. The molecule has 164 valence electrons. The van der Waals surface area contributed by atoms with Crippen molar-refractivity contribution < 1.29 is 14.3 Å². The van der Waals surface area contributed by atoms with Crippen LogP contribution in [0.1, 0.15) is 18.5 Å². The number of hydrogen-bond acceptors (Lipinski definition) is 4. The molecule has 8 nitrogen and oxygen atoms in total. The molecule has 0 bridgehead atoms. The zero-order valence-corrected chi connectivity index (χ0v) is 17.8. The molecule has 33 heavy (non-hydrogen) atoms. The van der Waals surface area contributed by atoms with Gasteiger partial charge in [-0.25, -0.2) is 9.79 Å². The molecule has 8 heteroatoms. The first kappa shape index (κ1) is 20.4. The number of anilines is 1. The SMILES string of the molecule is CC1=NC(=O)NC(c2ccc(Oc3ccccc3)cc2)C1C(=O)Nc1ccc2[nH]ncc2c1. The Hall–Kier alpha value is -4.46. The number of ether oxygens (including phenoxy) is 1. The number of amides is 3. The molecule has 2 unspecified atom stereocenters. The van der Waals surface area contributed by atoms with Gasteiger partial charge in [0.1, 0.15) is 17.4 Å². The molecule has 1 aromatic heterocycles. The highest BCUT2D eigenvalue weighted by Gasteiger charge is 2.36. The largest absolute Gasteiger partial charge is 0.457 e. The Labute approximate surface area is 189 Å². The lowest BCUT2D eigenvalue weighted by Gasteiger charge is -2.30. The summed E-state index contributed by atoms with van der Waals surface area (Å²) in [6.07, 6.45) is 1.69. The van der Waals surface area contributed by atoms with E-state index in [2.05, 4.69) is 25.8 Å². The maximum atomic E-state index is 13.3. The third-order valence-electron chi connectivity index (χ3n) is 5.55. The highest BCUT2D eigenvalue weighted by atomic mass is 16.5. The number of hydrogen-bond donors (Lipinski definition) is 3. The van der Waals surface area contributed by atoms with E-state index in [0.717, 1.165) is 22.2 Å². The van der Waals surface area contributed by atoms with E-state index in [1.165, 1.54) is 0 Å². The highest BCUT2D eigenvalue weighted by Crippen LogP contribution is 2.31. The summed E-state index contributed by atoms with van der Waals surface area (Å²) in [5.41, 5.74) is 2.76. The summed E-state index contributed by atoms with van der Waals surface area (Å²) < 4.78 is 5.85. The van der Waals surface area contributed by atoms with E-state index in [0.29, 0.717) is 17.1 Å². The number of fused-ring (bicyclic) bond motifs is 1. The quantitative estimate of drug-likeness (QED) is 0.414. The van der Waals surface area contributed by atoms with Crippen molar-refractivity contribution >= 4 is 34.2 Å². The van der Waals surface area contributed by atoms with Gasteiger partial charge in [-0.15, -0.1) is 0 Å². The maximum absolute atomic E-state index is 13.3. The molecule has 1 aliphatic heterocycles. The van der Waals surface area contributed by atoms with Crippen molar-refractivity contribution in [1.82, 2.24) is 15.5 Å². The van der Waals surface area contributed by atoms with Gasteiger partial charge in [-0.2, -0.15) is 5.10 Å². The van der Waals surface area contributed by atoms with Crippen molar-refractivity contribution in [2.45, 2.75) is 13.0 Å². The molecule has 0 fully saturated rings. The summed E-state index contributed by atoms with van der Waals surface area (Å²) in [6, 6.07) is 21.3. The summed E-state index contributed by atoms with van der Waals surface area (Å²) in [7, 11) is 0. The van der Waals surface area contributed by atoms with Crippen molar-refractivity contribution in [1.29, 1.82) is 0 Å². The summed E-state index contributed by atoms with van der Waals surface area (Å²) in [6.45, 7) is 1.70. The number of urea groups is 1. The lowest BCUT2D eigenvalue weighted by atomic mass is 9.87. The molecule has 4 aromatic rings. The number of nitrogens with one attached hydrogen (secondary N) is 3. The Bertz CT molecular complexity index is 1350. The highest BCUT2D eigenvalue weighted by molar-refractivity contribution is 6.13. The van der Waals surface area contributed by atoms with Gasteiger partial charge in [0.15, 0.2) is 0 Å². The van der Waals surface area contributed by atoms with E-state index >= 15 is 0 Å². The lowest BCUT2D eigenvalue weighted by Crippen LogP contribution is -2.45. The number of carbonyl (C=O) groups is 2. The Morgan fingerprint density at radius 1 is 1.00 bits per heavy atom. The van der Waals surface area contributed by atoms with Crippen molar-refractivity contribution in [3.05, 3.63) is 84.6 Å². The van der Waals surface area contributed by atoms with Crippen LogP contribution in [-0.4, -0.2) is 27.8 Å². The number of aromatic amines is 1. The minimum Gasteiger partial charge on any atom is -0.457 e. The van der Waals surface area contributed by atoms with Gasteiger partial charge in [0.25, 0.3) is 0 Å². The molecule has 0 radical (unpaired) electrons. The molecule has 2 atom stereocenters. The summed E-state index contributed by atoms with van der Waals surface area (Å²) in [5, 5.41) is 13.6. The number of rotatable bonds is 5. The number of H-pyrrole nitrogens is 1. The number of para-hydroxylation sites is 1. The molecular formula is C25H21N5O3. The fourth-order valence-corrected chi connectivity index (χ4v) is 3.94. The molecule has 1 aliphatic rings. The zero-order valence-electron chi connectivity index (χ0n) is 17.8. The van der Waals surface area contributed by atoms with Crippen LogP contribution < -0.4 is 15.4 Å². The van der Waals surface area contributed by atoms with E-state index in [9.17, 15) is 9.59 Å². The van der Waals surface area contributed by atoms with Gasteiger partial charge in [0.2, 0.25) is 5.91 Å². The second-order valence-corrected chi connectivity index (χ2v) is 7.80. The van der Waals surface area contributed by atoms with Gasteiger partial charge in [0.05, 0.1) is 17.8 Å². The average molecular weight is 439 g/mol. The minimum atomic E-state index is -0.663. The molecule has 0 saturated carbocycles. The molecule has 0 saturated heterocycles. The van der Waals surface area contributed by atoms with E-state index in [1.54, 1.807) is 19.2 Å². The van der Waals surface area contributed by atoms with Gasteiger partial charge >= 0.3 is 6.03 Å². The fraction of sp³-hybridized carbons (Fsp3) is 0.120. The van der Waals surface area contributed by atoms with Gasteiger partial charge in [-0.05, 0) is 55.0 Å². The molecule has 5 rings (SSSR count). The van der Waals surface area contributed by atoms with Gasteiger partial charge in [0, 0.05) is 16.8 Å². The number of benzene rings is 3. The van der Waals surface area contributed by atoms with E-state index in [4.69, 9.17) is 4.74 Å². The molecule has 3 N–H and O–H groups in total. The van der Waals surface area contributed by atoms with Crippen LogP contribution in [0.3, 0.4) is 0 Å². The van der Waals surface area contributed by atoms with Gasteiger partial charge in [-0.3, -0.25) is 9.89 Å². The van der Waals surface area contributed by atoms with E-state index < -0.39 is 18.0 Å². The molecule has 0 aliphatic carbocycles. The maximum Gasteiger partial charge on any atom is 0.341 e. The van der Waals surface area contributed by atoms with Crippen LogP contribution >= 0.6 is 0 Å². The molecule has 0 spiro atoms. The molecular weight excluding hydrogens is 418 g/mol. The van der Waals surface area contributed by atoms with Crippen LogP contribution in [0, 0.1) is 5.92 Å². The number of carbonyl (C=O) groups excluding carboxylic acids is 2. The van der Waals surface area contributed by atoms with E-state index in [-0.39, 0.29) is 5.91 Å². The van der Waals surface area contributed by atoms with Crippen LogP contribution in [0.2, 0.25) is 0 Å². The topological polar surface area (TPSA) is 108 Å². The summed E-state index contributed by atoms with van der Waals surface area (Å²) >= 11 is 0. The Balaban J connectivity index is 1.38.